The number of aromatic nitrogens is 3. The van der Waals surface area contributed by atoms with Gasteiger partial charge in [0.05, 0.1) is 11.9 Å². The topological polar surface area (TPSA) is 30.2 Å². The van der Waals surface area contributed by atoms with Crippen molar-refractivity contribution >= 4 is 32.2 Å². The van der Waals surface area contributed by atoms with Crippen LogP contribution >= 0.6 is 27.3 Å². The van der Waals surface area contributed by atoms with E-state index in [1.165, 1.54) is 16.9 Å². The van der Waals surface area contributed by atoms with E-state index >= 15 is 0 Å². The Morgan fingerprint density at radius 2 is 2.06 bits per heavy atom. The molecule has 0 bridgehead atoms. The van der Waals surface area contributed by atoms with E-state index in [-0.39, 0.29) is 0 Å². The first-order valence-electron chi connectivity index (χ1n) is 5.37. The second-order valence-electron chi connectivity index (χ2n) is 3.76. The van der Waals surface area contributed by atoms with Crippen LogP contribution in [0, 0.1) is 0 Å². The van der Waals surface area contributed by atoms with Crippen molar-refractivity contribution in [3.63, 3.8) is 0 Å². The third-order valence-electron chi connectivity index (χ3n) is 2.68. The first-order chi connectivity index (χ1) is 8.26. The molecule has 0 aliphatic heterocycles. The predicted octanol–water partition coefficient (Wildman–Crippen LogP) is 3.78. The molecule has 2 heterocycles. The van der Waals surface area contributed by atoms with E-state index in [1.54, 1.807) is 4.52 Å². The fraction of sp³-hybridized carbons (Fsp3) is 0.167. The van der Waals surface area contributed by atoms with Crippen LogP contribution in [0.5, 0.6) is 0 Å². The summed E-state index contributed by atoms with van der Waals surface area (Å²) in [5.74, 6) is 0. The molecule has 0 atom stereocenters. The lowest BCUT2D eigenvalue weighted by Gasteiger charge is -1.98. The fourth-order valence-corrected chi connectivity index (χ4v) is 2.94. The highest BCUT2D eigenvalue weighted by atomic mass is 79.9. The van der Waals surface area contributed by atoms with Gasteiger partial charge >= 0.3 is 0 Å². The highest BCUT2D eigenvalue weighted by molar-refractivity contribution is 9.11. The number of halogens is 1. The third kappa shape index (κ3) is 2.00. The Labute approximate surface area is 111 Å². The van der Waals surface area contributed by atoms with Gasteiger partial charge in [-0.2, -0.15) is 0 Å². The lowest BCUT2D eigenvalue weighted by molar-refractivity contribution is 0.959. The van der Waals surface area contributed by atoms with Crippen molar-refractivity contribution in [3.05, 3.63) is 39.9 Å². The van der Waals surface area contributed by atoms with Crippen LogP contribution in [0.25, 0.3) is 16.2 Å². The van der Waals surface area contributed by atoms with Gasteiger partial charge in [-0.15, -0.1) is 5.10 Å². The Bertz CT molecular complexity index is 623. The zero-order valence-electron chi connectivity index (χ0n) is 9.22. The Hall–Kier alpha value is -1.20. The highest BCUT2D eigenvalue weighted by Crippen LogP contribution is 2.24. The number of hydrogen-bond acceptors (Lipinski definition) is 3. The lowest BCUT2D eigenvalue weighted by Crippen LogP contribution is -1.81. The minimum absolute atomic E-state index is 0.855. The summed E-state index contributed by atoms with van der Waals surface area (Å²) in [6.45, 7) is 2.16. The lowest BCUT2D eigenvalue weighted by atomic mass is 10.1. The molecule has 0 aliphatic rings. The molecule has 3 nitrogen and oxygen atoms in total. The molecular formula is C12H10BrN3S. The average molecular weight is 308 g/mol. The molecule has 17 heavy (non-hydrogen) atoms. The Morgan fingerprint density at radius 1 is 1.29 bits per heavy atom. The fourth-order valence-electron chi connectivity index (χ4n) is 1.73. The zero-order valence-corrected chi connectivity index (χ0v) is 11.6. The molecule has 0 radical (unpaired) electrons. The van der Waals surface area contributed by atoms with Crippen molar-refractivity contribution in [1.29, 1.82) is 0 Å². The summed E-state index contributed by atoms with van der Waals surface area (Å²) in [6.07, 6.45) is 3.02. The van der Waals surface area contributed by atoms with Gasteiger partial charge in [0.1, 0.15) is 0 Å². The van der Waals surface area contributed by atoms with Crippen molar-refractivity contribution in [2.24, 2.45) is 0 Å². The highest BCUT2D eigenvalue weighted by Gasteiger charge is 2.07. The van der Waals surface area contributed by atoms with Crippen LogP contribution in [0.15, 0.2) is 34.4 Å². The van der Waals surface area contributed by atoms with E-state index in [1.807, 2.05) is 6.20 Å². The van der Waals surface area contributed by atoms with Crippen LogP contribution in [0.3, 0.4) is 0 Å². The van der Waals surface area contributed by atoms with Gasteiger partial charge in [-0.25, -0.2) is 9.50 Å². The maximum Gasteiger partial charge on any atom is 0.213 e. The van der Waals surface area contributed by atoms with E-state index in [0.29, 0.717) is 0 Å². The minimum Gasteiger partial charge on any atom is -0.217 e. The molecule has 0 spiro atoms. The second kappa shape index (κ2) is 4.23. The second-order valence-corrected chi connectivity index (χ2v) is 5.99. The van der Waals surface area contributed by atoms with Gasteiger partial charge in [0.25, 0.3) is 0 Å². The molecule has 0 unspecified atom stereocenters. The molecule has 3 aromatic rings. The molecular weight excluding hydrogens is 298 g/mol. The van der Waals surface area contributed by atoms with E-state index in [9.17, 15) is 0 Å². The number of fused-ring (bicyclic) bond motifs is 1. The largest absolute Gasteiger partial charge is 0.217 e. The normalized spacial score (nSPS) is 11.2. The van der Waals surface area contributed by atoms with Gasteiger partial charge in [-0.05, 0) is 27.9 Å². The molecule has 0 saturated heterocycles. The van der Waals surface area contributed by atoms with Gasteiger partial charge < -0.3 is 0 Å². The number of imidazole rings is 1. The molecule has 0 fully saturated rings. The van der Waals surface area contributed by atoms with E-state index in [4.69, 9.17) is 0 Å². The van der Waals surface area contributed by atoms with Crippen molar-refractivity contribution < 1.29 is 0 Å². The maximum atomic E-state index is 4.55. The van der Waals surface area contributed by atoms with Gasteiger partial charge in [-0.1, -0.05) is 42.5 Å². The molecule has 0 amide bonds. The van der Waals surface area contributed by atoms with Crippen molar-refractivity contribution in [2.75, 3.05) is 0 Å². The van der Waals surface area contributed by atoms with Crippen LogP contribution in [-0.2, 0) is 6.42 Å². The van der Waals surface area contributed by atoms with Crippen molar-refractivity contribution in [2.45, 2.75) is 13.3 Å². The summed E-state index contributed by atoms with van der Waals surface area (Å²) in [5.41, 5.74) is 3.45. The Kier molecular flexibility index (Phi) is 2.72. The number of benzene rings is 1. The average Bonchev–Trinajstić information content (AvgIpc) is 2.86. The first-order valence-corrected chi connectivity index (χ1v) is 6.98. The van der Waals surface area contributed by atoms with Gasteiger partial charge in [0.15, 0.2) is 3.92 Å². The van der Waals surface area contributed by atoms with Gasteiger partial charge in [0, 0.05) is 5.56 Å². The molecule has 0 saturated carbocycles. The number of nitrogens with zero attached hydrogens (tertiary/aromatic N) is 3. The number of aryl methyl sites for hydroxylation is 1. The van der Waals surface area contributed by atoms with Crippen molar-refractivity contribution in [1.82, 2.24) is 14.6 Å². The summed E-state index contributed by atoms with van der Waals surface area (Å²) >= 11 is 4.88. The van der Waals surface area contributed by atoms with E-state index < -0.39 is 0 Å². The van der Waals surface area contributed by atoms with Crippen LogP contribution in [0.2, 0.25) is 0 Å². The molecule has 5 heteroatoms. The quantitative estimate of drug-likeness (QED) is 0.721. The van der Waals surface area contributed by atoms with Crippen LogP contribution in [0.4, 0.5) is 0 Å². The molecule has 3 rings (SSSR count). The first kappa shape index (κ1) is 10.9. The monoisotopic (exact) mass is 307 g/mol. The van der Waals surface area contributed by atoms with Crippen LogP contribution in [-0.4, -0.2) is 14.6 Å². The van der Waals surface area contributed by atoms with Gasteiger partial charge in [0.2, 0.25) is 4.96 Å². The SMILES string of the molecule is CCc1ccc(-c2cn3nc(Br)sc3n2)cc1. The Balaban J connectivity index is 2.04. The van der Waals surface area contributed by atoms with Crippen LogP contribution < -0.4 is 0 Å². The predicted molar refractivity (Wildman–Crippen MR) is 73.4 cm³/mol. The smallest absolute Gasteiger partial charge is 0.213 e. The molecule has 2 aromatic heterocycles. The maximum absolute atomic E-state index is 4.55. The third-order valence-corrected chi connectivity index (χ3v) is 4.03. The summed E-state index contributed by atoms with van der Waals surface area (Å²) in [7, 11) is 0. The number of rotatable bonds is 2. The molecule has 1 aromatic carbocycles. The van der Waals surface area contributed by atoms with E-state index in [0.717, 1.165) is 26.6 Å². The molecule has 0 N–H and O–H groups in total. The van der Waals surface area contributed by atoms with Crippen molar-refractivity contribution in [3.8, 4) is 11.3 Å². The summed E-state index contributed by atoms with van der Waals surface area (Å²) in [5, 5.41) is 4.28. The minimum atomic E-state index is 0.855. The Morgan fingerprint density at radius 3 is 2.71 bits per heavy atom. The molecule has 86 valence electrons. The zero-order chi connectivity index (χ0) is 11.8. The number of hydrogen-bond donors (Lipinski definition) is 0. The van der Waals surface area contributed by atoms with E-state index in [2.05, 4.69) is 57.2 Å². The summed E-state index contributed by atoms with van der Waals surface area (Å²) in [4.78, 5) is 5.46. The standard InChI is InChI=1S/C12H10BrN3S/c1-2-8-3-5-9(6-4-8)10-7-16-12(14-10)17-11(13)15-16/h3-7H,2H2,1H3. The summed E-state index contributed by atoms with van der Waals surface area (Å²) < 4.78 is 2.66. The summed E-state index contributed by atoms with van der Waals surface area (Å²) in [6, 6.07) is 8.51. The van der Waals surface area contributed by atoms with Gasteiger partial charge in [-0.3, -0.25) is 0 Å². The van der Waals surface area contributed by atoms with Crippen LogP contribution in [0.1, 0.15) is 12.5 Å². The molecule has 0 aliphatic carbocycles.